The summed E-state index contributed by atoms with van der Waals surface area (Å²) in [7, 11) is 0. The first kappa shape index (κ1) is 27.9. The molecule has 0 bridgehead atoms. The van der Waals surface area contributed by atoms with E-state index in [9.17, 15) is 9.59 Å². The number of hydrogen-bond donors (Lipinski definition) is 0. The standard InChI is InChI=1S/C28H44O4/c1-3-5-7-9-11-12-13-14-16-18-24-32-28(30)26-21-19-25(20-22-26)27(29)31-23-17-15-10-8-6-4-2/h16,18-22H,3-15,17,23-24H2,1-2H3/b18-16+. The smallest absolute Gasteiger partial charge is 0.338 e. The third kappa shape index (κ3) is 14.1. The van der Waals surface area contributed by atoms with Crippen molar-refractivity contribution in [3.8, 4) is 0 Å². The minimum atomic E-state index is -0.377. The molecule has 0 N–H and O–H groups in total. The molecule has 0 aliphatic heterocycles. The molecule has 32 heavy (non-hydrogen) atoms. The van der Waals surface area contributed by atoms with Crippen LogP contribution in [0.5, 0.6) is 0 Å². The molecule has 0 saturated carbocycles. The van der Waals surface area contributed by atoms with Gasteiger partial charge < -0.3 is 9.47 Å². The fraction of sp³-hybridized carbons (Fsp3) is 0.643. The molecule has 0 saturated heterocycles. The van der Waals surface area contributed by atoms with Gasteiger partial charge in [-0.25, -0.2) is 9.59 Å². The third-order valence-corrected chi connectivity index (χ3v) is 5.54. The Morgan fingerprint density at radius 2 is 1.09 bits per heavy atom. The lowest BCUT2D eigenvalue weighted by atomic mass is 10.1. The number of benzene rings is 1. The first-order chi connectivity index (χ1) is 15.7. The van der Waals surface area contributed by atoms with E-state index in [1.165, 1.54) is 70.6 Å². The van der Waals surface area contributed by atoms with Gasteiger partial charge in [-0.05, 0) is 43.5 Å². The molecule has 0 fully saturated rings. The highest BCUT2D eigenvalue weighted by molar-refractivity contribution is 5.93. The van der Waals surface area contributed by atoms with Crippen molar-refractivity contribution in [3.05, 3.63) is 47.5 Å². The molecule has 0 heterocycles. The maximum Gasteiger partial charge on any atom is 0.338 e. The highest BCUT2D eigenvalue weighted by Crippen LogP contribution is 2.10. The lowest BCUT2D eigenvalue weighted by Crippen LogP contribution is -2.08. The van der Waals surface area contributed by atoms with E-state index in [2.05, 4.69) is 19.9 Å². The number of rotatable bonds is 19. The first-order valence-corrected chi connectivity index (χ1v) is 12.8. The average molecular weight is 445 g/mol. The van der Waals surface area contributed by atoms with Crippen LogP contribution in [0.1, 0.15) is 124 Å². The van der Waals surface area contributed by atoms with Crippen LogP contribution in [0.3, 0.4) is 0 Å². The highest BCUT2D eigenvalue weighted by Gasteiger charge is 2.10. The monoisotopic (exact) mass is 444 g/mol. The number of esters is 2. The Morgan fingerprint density at radius 1 is 0.625 bits per heavy atom. The zero-order chi connectivity index (χ0) is 23.3. The van der Waals surface area contributed by atoms with Crippen LogP contribution < -0.4 is 0 Å². The average Bonchev–Trinajstić information content (AvgIpc) is 2.81. The normalized spacial score (nSPS) is 11.1. The van der Waals surface area contributed by atoms with Crippen molar-refractivity contribution >= 4 is 11.9 Å². The van der Waals surface area contributed by atoms with Gasteiger partial charge in [-0.15, -0.1) is 0 Å². The van der Waals surface area contributed by atoms with Gasteiger partial charge in [0, 0.05) is 0 Å². The van der Waals surface area contributed by atoms with Gasteiger partial charge in [0.25, 0.3) is 0 Å². The van der Waals surface area contributed by atoms with Crippen LogP contribution in [-0.2, 0) is 9.47 Å². The quantitative estimate of drug-likeness (QED) is 0.123. The summed E-state index contributed by atoms with van der Waals surface area (Å²) in [6, 6.07) is 6.48. The van der Waals surface area contributed by atoms with Crippen molar-refractivity contribution in [2.75, 3.05) is 13.2 Å². The summed E-state index contributed by atoms with van der Waals surface area (Å²) < 4.78 is 10.6. The van der Waals surface area contributed by atoms with Crippen molar-refractivity contribution < 1.29 is 19.1 Å². The van der Waals surface area contributed by atoms with E-state index in [1.807, 2.05) is 6.08 Å². The SMILES string of the molecule is CCCCCCCCC/C=C/COC(=O)c1ccc(C(=O)OCCCCCCCC)cc1. The predicted octanol–water partition coefficient (Wildman–Crippen LogP) is 8.06. The number of ether oxygens (including phenoxy) is 2. The Hall–Kier alpha value is -2.10. The molecule has 0 aromatic heterocycles. The molecule has 0 amide bonds. The fourth-order valence-corrected chi connectivity index (χ4v) is 3.49. The van der Waals surface area contributed by atoms with Crippen LogP contribution in [-0.4, -0.2) is 25.2 Å². The van der Waals surface area contributed by atoms with E-state index in [1.54, 1.807) is 24.3 Å². The summed E-state index contributed by atoms with van der Waals surface area (Å²) in [5, 5.41) is 0. The maximum atomic E-state index is 12.1. The summed E-state index contributed by atoms with van der Waals surface area (Å²) in [5.74, 6) is -0.718. The lowest BCUT2D eigenvalue weighted by Gasteiger charge is -2.06. The fourth-order valence-electron chi connectivity index (χ4n) is 3.49. The van der Waals surface area contributed by atoms with E-state index in [4.69, 9.17) is 9.47 Å². The Bertz CT molecular complexity index is 633. The Kier molecular flexibility index (Phi) is 17.1. The van der Waals surface area contributed by atoms with Gasteiger partial charge in [-0.2, -0.15) is 0 Å². The number of allylic oxidation sites excluding steroid dienone is 1. The molecule has 0 spiro atoms. The highest BCUT2D eigenvalue weighted by atomic mass is 16.5. The molecule has 0 atom stereocenters. The summed E-state index contributed by atoms with van der Waals surface area (Å²) in [6.07, 6.45) is 21.0. The molecule has 0 unspecified atom stereocenters. The molecule has 4 heteroatoms. The van der Waals surface area contributed by atoms with Gasteiger partial charge in [0.1, 0.15) is 6.61 Å². The van der Waals surface area contributed by atoms with Crippen LogP contribution in [0.4, 0.5) is 0 Å². The van der Waals surface area contributed by atoms with Crippen molar-refractivity contribution in [2.24, 2.45) is 0 Å². The van der Waals surface area contributed by atoms with E-state index in [-0.39, 0.29) is 18.5 Å². The Labute approximate surface area is 195 Å². The molecule has 0 aliphatic rings. The second-order valence-electron chi connectivity index (χ2n) is 8.46. The molecule has 1 aromatic rings. The van der Waals surface area contributed by atoms with Gasteiger partial charge in [-0.3, -0.25) is 0 Å². The summed E-state index contributed by atoms with van der Waals surface area (Å²) in [6.45, 7) is 5.15. The number of unbranched alkanes of at least 4 members (excludes halogenated alkanes) is 12. The largest absolute Gasteiger partial charge is 0.462 e. The second-order valence-corrected chi connectivity index (χ2v) is 8.46. The predicted molar refractivity (Wildman–Crippen MR) is 132 cm³/mol. The summed E-state index contributed by atoms with van der Waals surface area (Å²) in [5.41, 5.74) is 0.903. The van der Waals surface area contributed by atoms with Crippen molar-refractivity contribution in [1.82, 2.24) is 0 Å². The van der Waals surface area contributed by atoms with Gasteiger partial charge in [-0.1, -0.05) is 96.6 Å². The van der Waals surface area contributed by atoms with Crippen molar-refractivity contribution in [1.29, 1.82) is 0 Å². The van der Waals surface area contributed by atoms with Gasteiger partial charge >= 0.3 is 11.9 Å². The molecule has 0 radical (unpaired) electrons. The van der Waals surface area contributed by atoms with E-state index in [0.29, 0.717) is 17.7 Å². The molecular weight excluding hydrogens is 400 g/mol. The zero-order valence-corrected chi connectivity index (χ0v) is 20.4. The van der Waals surface area contributed by atoms with Crippen LogP contribution in [0.25, 0.3) is 0 Å². The van der Waals surface area contributed by atoms with E-state index >= 15 is 0 Å². The van der Waals surface area contributed by atoms with Crippen molar-refractivity contribution in [3.63, 3.8) is 0 Å². The summed E-state index contributed by atoms with van der Waals surface area (Å²) in [4.78, 5) is 24.2. The molecule has 4 nitrogen and oxygen atoms in total. The third-order valence-electron chi connectivity index (χ3n) is 5.54. The van der Waals surface area contributed by atoms with Crippen LogP contribution in [0.2, 0.25) is 0 Å². The lowest BCUT2D eigenvalue weighted by molar-refractivity contribution is 0.0494. The Balaban J connectivity index is 2.15. The Morgan fingerprint density at radius 3 is 1.66 bits per heavy atom. The second kappa shape index (κ2) is 19.6. The van der Waals surface area contributed by atoms with Gasteiger partial charge in [0.15, 0.2) is 0 Å². The number of carbonyl (C=O) groups is 2. The number of hydrogen-bond acceptors (Lipinski definition) is 4. The topological polar surface area (TPSA) is 52.6 Å². The van der Waals surface area contributed by atoms with Crippen LogP contribution in [0.15, 0.2) is 36.4 Å². The maximum absolute atomic E-state index is 12.1. The molecule has 180 valence electrons. The van der Waals surface area contributed by atoms with Gasteiger partial charge in [0.2, 0.25) is 0 Å². The number of carbonyl (C=O) groups excluding carboxylic acids is 2. The molecular formula is C28H44O4. The van der Waals surface area contributed by atoms with Crippen LogP contribution >= 0.6 is 0 Å². The molecule has 0 aliphatic carbocycles. The minimum absolute atomic E-state index is 0.275. The molecule has 1 aromatic carbocycles. The van der Waals surface area contributed by atoms with Crippen molar-refractivity contribution in [2.45, 2.75) is 104 Å². The molecule has 1 rings (SSSR count). The van der Waals surface area contributed by atoms with E-state index < -0.39 is 0 Å². The minimum Gasteiger partial charge on any atom is -0.462 e. The van der Waals surface area contributed by atoms with E-state index in [0.717, 1.165) is 19.3 Å². The zero-order valence-electron chi connectivity index (χ0n) is 20.4. The van der Waals surface area contributed by atoms with Gasteiger partial charge in [0.05, 0.1) is 17.7 Å². The first-order valence-electron chi connectivity index (χ1n) is 12.8. The summed E-state index contributed by atoms with van der Waals surface area (Å²) >= 11 is 0. The van der Waals surface area contributed by atoms with Crippen LogP contribution in [0, 0.1) is 0 Å².